The molecule has 0 aliphatic carbocycles. The molecule has 30 heavy (non-hydrogen) atoms. The maximum Gasteiger partial charge on any atom is 0.343 e. The number of nitrogens with zero attached hydrogens (tertiary/aromatic N) is 2. The molecular weight excluding hydrogens is 384 g/mol. The van der Waals surface area contributed by atoms with E-state index in [1.54, 1.807) is 24.7 Å². The number of carbonyl (C=O) groups is 1. The number of hydrogen-bond donors (Lipinski definition) is 1. The molecule has 0 spiro atoms. The van der Waals surface area contributed by atoms with Gasteiger partial charge in [0.25, 0.3) is 5.56 Å². The number of ether oxygens (including phenoxy) is 2. The fourth-order valence-corrected chi connectivity index (χ4v) is 4.65. The first-order chi connectivity index (χ1) is 14.4. The zero-order valence-corrected chi connectivity index (χ0v) is 17.1. The minimum absolute atomic E-state index is 0.124. The van der Waals surface area contributed by atoms with E-state index in [1.165, 1.54) is 0 Å². The molecule has 4 heterocycles. The molecule has 1 atom stereocenters. The highest BCUT2D eigenvalue weighted by molar-refractivity contribution is 5.89. The van der Waals surface area contributed by atoms with Crippen LogP contribution in [0.2, 0.25) is 0 Å². The fraction of sp³-hybridized carbons (Fsp3) is 0.348. The number of benzene rings is 1. The van der Waals surface area contributed by atoms with Crippen molar-refractivity contribution in [1.82, 2.24) is 9.55 Å². The number of methoxy groups -OCH3 is 1. The summed E-state index contributed by atoms with van der Waals surface area (Å²) in [4.78, 5) is 30.3. The van der Waals surface area contributed by atoms with Gasteiger partial charge in [0, 0.05) is 22.1 Å². The van der Waals surface area contributed by atoms with E-state index in [-0.39, 0.29) is 18.6 Å². The third-order valence-electron chi connectivity index (χ3n) is 6.33. The molecule has 0 saturated carbocycles. The molecule has 154 valence electrons. The third kappa shape index (κ3) is 2.32. The highest BCUT2D eigenvalue weighted by Crippen LogP contribution is 2.39. The molecule has 1 aromatic carbocycles. The lowest BCUT2D eigenvalue weighted by Crippen LogP contribution is -2.44. The molecule has 2 aromatic heterocycles. The van der Waals surface area contributed by atoms with Gasteiger partial charge in [-0.15, -0.1) is 0 Å². The number of hydrogen-bond acceptors (Lipinski definition) is 6. The van der Waals surface area contributed by atoms with E-state index in [1.807, 2.05) is 12.1 Å². The molecule has 5 rings (SSSR count). The zero-order chi connectivity index (χ0) is 21.2. The normalized spacial score (nSPS) is 19.3. The van der Waals surface area contributed by atoms with Crippen LogP contribution < -0.4 is 10.3 Å². The van der Waals surface area contributed by atoms with E-state index in [0.717, 1.165) is 34.2 Å². The topological polar surface area (TPSA) is 90.7 Å². The Bertz CT molecular complexity index is 1290. The number of cyclic esters (lactones) is 1. The summed E-state index contributed by atoms with van der Waals surface area (Å²) in [6.07, 6.45) is 0.921. The minimum atomic E-state index is -1.81. The molecule has 1 unspecified atom stereocenters. The van der Waals surface area contributed by atoms with E-state index >= 15 is 0 Å². The predicted molar refractivity (Wildman–Crippen MR) is 110 cm³/mol. The highest BCUT2D eigenvalue weighted by atomic mass is 16.6. The first kappa shape index (κ1) is 18.8. The summed E-state index contributed by atoms with van der Waals surface area (Å²) in [6, 6.07) is 7.61. The third-order valence-corrected chi connectivity index (χ3v) is 6.33. The van der Waals surface area contributed by atoms with Crippen LogP contribution in [0.5, 0.6) is 5.75 Å². The molecule has 0 radical (unpaired) electrons. The Morgan fingerprint density at radius 3 is 2.77 bits per heavy atom. The van der Waals surface area contributed by atoms with Gasteiger partial charge in [0.15, 0.2) is 5.60 Å². The summed E-state index contributed by atoms with van der Waals surface area (Å²) in [7, 11) is 1.65. The number of pyridine rings is 2. The maximum atomic E-state index is 13.2. The number of aliphatic hydroxyl groups is 1. The Labute approximate surface area is 172 Å². The first-order valence-corrected chi connectivity index (χ1v) is 10.1. The first-order valence-electron chi connectivity index (χ1n) is 10.1. The standard InChI is InChI=1S/C23H22N2O5/c1-4-13-14-8-12-10-25-18(20(12)24-17(14)6-7-19(13)29-3)9-16-15(21(25)26)11-30-22(27)23(16,28)5-2/h6-9,28H,4-5,10-11H2,1-3H3. The summed E-state index contributed by atoms with van der Waals surface area (Å²) in [6.45, 7) is 4.03. The second-order valence-electron chi connectivity index (χ2n) is 7.77. The van der Waals surface area contributed by atoms with Gasteiger partial charge in [0.2, 0.25) is 0 Å². The van der Waals surface area contributed by atoms with Gasteiger partial charge < -0.3 is 19.1 Å². The second kappa shape index (κ2) is 6.40. The minimum Gasteiger partial charge on any atom is -0.496 e. The van der Waals surface area contributed by atoms with Gasteiger partial charge >= 0.3 is 5.97 Å². The van der Waals surface area contributed by atoms with Crippen LogP contribution in [0.4, 0.5) is 0 Å². The molecule has 0 fully saturated rings. The molecule has 0 amide bonds. The van der Waals surface area contributed by atoms with Crippen LogP contribution in [0, 0.1) is 0 Å². The molecule has 7 nitrogen and oxygen atoms in total. The summed E-state index contributed by atoms with van der Waals surface area (Å²) < 4.78 is 12.3. The van der Waals surface area contributed by atoms with Crippen molar-refractivity contribution in [3.05, 3.63) is 56.9 Å². The molecule has 2 aliphatic rings. The van der Waals surface area contributed by atoms with Gasteiger partial charge in [-0.05, 0) is 37.1 Å². The Balaban J connectivity index is 1.77. The van der Waals surface area contributed by atoms with Crippen molar-refractivity contribution in [2.45, 2.75) is 45.4 Å². The van der Waals surface area contributed by atoms with Gasteiger partial charge in [-0.25, -0.2) is 9.78 Å². The largest absolute Gasteiger partial charge is 0.496 e. The van der Waals surface area contributed by atoms with Gasteiger partial charge in [0.05, 0.1) is 36.1 Å². The second-order valence-corrected chi connectivity index (χ2v) is 7.77. The average molecular weight is 406 g/mol. The molecule has 2 aliphatic heterocycles. The van der Waals surface area contributed by atoms with Crippen molar-refractivity contribution in [2.75, 3.05) is 7.11 Å². The summed E-state index contributed by atoms with van der Waals surface area (Å²) >= 11 is 0. The average Bonchev–Trinajstić information content (AvgIpc) is 3.12. The lowest BCUT2D eigenvalue weighted by atomic mass is 9.86. The predicted octanol–water partition coefficient (Wildman–Crippen LogP) is 2.65. The van der Waals surface area contributed by atoms with Crippen LogP contribution in [-0.4, -0.2) is 27.7 Å². The molecule has 7 heteroatoms. The molecule has 0 saturated heterocycles. The van der Waals surface area contributed by atoms with Crippen molar-refractivity contribution in [3.63, 3.8) is 0 Å². The highest BCUT2D eigenvalue weighted by Gasteiger charge is 2.45. The van der Waals surface area contributed by atoms with Crippen molar-refractivity contribution in [2.24, 2.45) is 0 Å². The van der Waals surface area contributed by atoms with Crippen molar-refractivity contribution >= 4 is 16.9 Å². The van der Waals surface area contributed by atoms with Crippen molar-refractivity contribution in [3.8, 4) is 17.1 Å². The van der Waals surface area contributed by atoms with E-state index in [4.69, 9.17) is 14.5 Å². The smallest absolute Gasteiger partial charge is 0.343 e. The lowest BCUT2D eigenvalue weighted by molar-refractivity contribution is -0.172. The Hall–Kier alpha value is -3.19. The van der Waals surface area contributed by atoms with Gasteiger partial charge in [-0.1, -0.05) is 13.8 Å². The number of esters is 1. The number of carbonyl (C=O) groups excluding carboxylic acids is 1. The van der Waals surface area contributed by atoms with E-state index < -0.39 is 11.6 Å². The SMILES string of the molecule is CCc1c(OC)ccc2nc3c(cc12)Cn1c-3cc2c(c1=O)COC(=O)C2(O)CC. The van der Waals surface area contributed by atoms with Crippen LogP contribution in [0.25, 0.3) is 22.3 Å². The van der Waals surface area contributed by atoms with Crippen molar-refractivity contribution < 1.29 is 19.4 Å². The summed E-state index contributed by atoms with van der Waals surface area (Å²) in [5.41, 5.74) is 2.73. The lowest BCUT2D eigenvalue weighted by Gasteiger charge is -2.31. The fourth-order valence-electron chi connectivity index (χ4n) is 4.65. The molecule has 3 aromatic rings. The van der Waals surface area contributed by atoms with Gasteiger partial charge in [-0.3, -0.25) is 4.79 Å². The Morgan fingerprint density at radius 2 is 2.07 bits per heavy atom. The van der Waals surface area contributed by atoms with Crippen LogP contribution >= 0.6 is 0 Å². The van der Waals surface area contributed by atoms with Gasteiger partial charge in [-0.2, -0.15) is 0 Å². The van der Waals surface area contributed by atoms with E-state index in [0.29, 0.717) is 29.1 Å². The van der Waals surface area contributed by atoms with Gasteiger partial charge in [0.1, 0.15) is 12.4 Å². The Kier molecular flexibility index (Phi) is 4.02. The van der Waals surface area contributed by atoms with Crippen LogP contribution in [-0.2, 0) is 34.7 Å². The van der Waals surface area contributed by atoms with Crippen LogP contribution in [0.3, 0.4) is 0 Å². The maximum absolute atomic E-state index is 13.2. The monoisotopic (exact) mass is 406 g/mol. The number of aromatic nitrogens is 2. The quantitative estimate of drug-likeness (QED) is 0.526. The van der Waals surface area contributed by atoms with E-state index in [9.17, 15) is 14.7 Å². The molecule has 1 N–H and O–H groups in total. The number of rotatable bonds is 3. The molecular formula is C23H22N2O5. The van der Waals surface area contributed by atoms with Crippen LogP contribution in [0.1, 0.15) is 42.5 Å². The number of fused-ring (bicyclic) bond motifs is 5. The van der Waals surface area contributed by atoms with E-state index in [2.05, 4.69) is 13.0 Å². The number of aryl methyl sites for hydroxylation is 1. The summed E-state index contributed by atoms with van der Waals surface area (Å²) in [5.74, 6) is 0.102. The summed E-state index contributed by atoms with van der Waals surface area (Å²) in [5, 5.41) is 11.9. The Morgan fingerprint density at radius 1 is 1.27 bits per heavy atom. The van der Waals surface area contributed by atoms with Crippen LogP contribution in [0.15, 0.2) is 29.1 Å². The zero-order valence-electron chi connectivity index (χ0n) is 17.1. The molecule has 0 bridgehead atoms. The van der Waals surface area contributed by atoms with Crippen molar-refractivity contribution in [1.29, 1.82) is 0 Å².